The SMILES string of the molecule is Cn1nccc(CC(=O)O)c1=O. The van der Waals surface area contributed by atoms with Gasteiger partial charge in [0.15, 0.2) is 0 Å². The highest BCUT2D eigenvalue weighted by Crippen LogP contribution is 1.89. The van der Waals surface area contributed by atoms with Gasteiger partial charge in [-0.25, -0.2) is 4.68 Å². The Labute approximate surface area is 68.3 Å². The van der Waals surface area contributed by atoms with E-state index in [1.807, 2.05) is 0 Å². The first-order valence-electron chi connectivity index (χ1n) is 3.34. The normalized spacial score (nSPS) is 9.75. The monoisotopic (exact) mass is 168 g/mol. The van der Waals surface area contributed by atoms with Crippen LogP contribution in [-0.2, 0) is 18.3 Å². The molecule has 0 aliphatic carbocycles. The van der Waals surface area contributed by atoms with Crippen LogP contribution in [0, 0.1) is 0 Å². The van der Waals surface area contributed by atoms with Crippen LogP contribution in [0.25, 0.3) is 0 Å². The van der Waals surface area contributed by atoms with E-state index in [-0.39, 0.29) is 17.5 Å². The van der Waals surface area contributed by atoms with E-state index in [9.17, 15) is 9.59 Å². The maximum Gasteiger partial charge on any atom is 0.308 e. The second kappa shape index (κ2) is 3.17. The number of aliphatic carboxylic acids is 1. The largest absolute Gasteiger partial charge is 0.481 e. The number of aromatic nitrogens is 2. The lowest BCUT2D eigenvalue weighted by Crippen LogP contribution is -2.24. The van der Waals surface area contributed by atoms with Gasteiger partial charge in [0.25, 0.3) is 5.56 Å². The summed E-state index contributed by atoms with van der Waals surface area (Å²) in [6.07, 6.45) is 1.15. The molecule has 0 bridgehead atoms. The minimum absolute atomic E-state index is 0.250. The Balaban J connectivity index is 3.09. The first-order chi connectivity index (χ1) is 5.61. The van der Waals surface area contributed by atoms with E-state index in [4.69, 9.17) is 5.11 Å². The standard InChI is InChI=1S/C7H8N2O3/c1-9-7(12)5(2-3-8-9)4-6(10)11/h2-3H,4H2,1H3,(H,10,11). The second-order valence-electron chi connectivity index (χ2n) is 2.36. The van der Waals surface area contributed by atoms with E-state index < -0.39 is 5.97 Å². The summed E-state index contributed by atoms with van der Waals surface area (Å²) in [5, 5.41) is 12.1. The maximum atomic E-state index is 11.1. The summed E-state index contributed by atoms with van der Waals surface area (Å²) in [7, 11) is 1.48. The van der Waals surface area contributed by atoms with Crippen molar-refractivity contribution in [1.82, 2.24) is 9.78 Å². The van der Waals surface area contributed by atoms with E-state index >= 15 is 0 Å². The van der Waals surface area contributed by atoms with Gasteiger partial charge in [0, 0.05) is 18.8 Å². The van der Waals surface area contributed by atoms with Gasteiger partial charge in [0.2, 0.25) is 0 Å². The summed E-state index contributed by atoms with van der Waals surface area (Å²) in [6.45, 7) is 0. The molecule has 1 heterocycles. The molecule has 5 nitrogen and oxygen atoms in total. The zero-order valence-electron chi connectivity index (χ0n) is 6.52. The van der Waals surface area contributed by atoms with Crippen molar-refractivity contribution in [3.8, 4) is 0 Å². The van der Waals surface area contributed by atoms with E-state index in [1.54, 1.807) is 0 Å². The van der Waals surface area contributed by atoms with Crippen molar-refractivity contribution >= 4 is 5.97 Å². The zero-order chi connectivity index (χ0) is 9.14. The number of carbonyl (C=O) groups is 1. The predicted octanol–water partition coefficient (Wildman–Crippen LogP) is -0.593. The van der Waals surface area contributed by atoms with Gasteiger partial charge in [-0.15, -0.1) is 0 Å². The summed E-state index contributed by atoms with van der Waals surface area (Å²) < 4.78 is 1.11. The van der Waals surface area contributed by atoms with Crippen LogP contribution < -0.4 is 5.56 Å². The molecule has 0 aliphatic heterocycles. The molecular weight excluding hydrogens is 160 g/mol. The molecule has 0 aromatic carbocycles. The Morgan fingerprint density at radius 2 is 2.42 bits per heavy atom. The van der Waals surface area contributed by atoms with Crippen molar-refractivity contribution in [3.05, 3.63) is 28.2 Å². The third-order valence-electron chi connectivity index (χ3n) is 1.43. The summed E-state index contributed by atoms with van der Waals surface area (Å²) in [4.78, 5) is 21.4. The molecule has 1 rings (SSSR count). The number of aryl methyl sites for hydroxylation is 1. The van der Waals surface area contributed by atoms with Gasteiger partial charge in [-0.1, -0.05) is 0 Å². The van der Waals surface area contributed by atoms with Crippen LogP contribution in [0.2, 0.25) is 0 Å². The van der Waals surface area contributed by atoms with E-state index in [0.29, 0.717) is 0 Å². The van der Waals surface area contributed by atoms with E-state index in [0.717, 1.165) is 4.68 Å². The molecule has 64 valence electrons. The highest BCUT2D eigenvalue weighted by atomic mass is 16.4. The molecule has 1 aromatic heterocycles. The van der Waals surface area contributed by atoms with Gasteiger partial charge in [-0.3, -0.25) is 9.59 Å². The van der Waals surface area contributed by atoms with Gasteiger partial charge >= 0.3 is 5.97 Å². The first kappa shape index (κ1) is 8.45. The minimum atomic E-state index is -1.02. The van der Waals surface area contributed by atoms with Crippen LogP contribution in [-0.4, -0.2) is 20.9 Å². The Morgan fingerprint density at radius 1 is 1.75 bits per heavy atom. The summed E-state index contributed by atoms with van der Waals surface area (Å²) in [5.74, 6) is -1.02. The number of nitrogens with zero attached hydrogens (tertiary/aromatic N) is 2. The van der Waals surface area contributed by atoms with Gasteiger partial charge in [-0.2, -0.15) is 5.10 Å². The van der Waals surface area contributed by atoms with Crippen molar-refractivity contribution in [2.24, 2.45) is 7.05 Å². The van der Waals surface area contributed by atoms with E-state index in [1.165, 1.54) is 19.3 Å². The number of rotatable bonds is 2. The molecule has 5 heteroatoms. The topological polar surface area (TPSA) is 72.2 Å². The first-order valence-corrected chi connectivity index (χ1v) is 3.34. The van der Waals surface area contributed by atoms with Crippen LogP contribution in [0.1, 0.15) is 5.56 Å². The Morgan fingerprint density at radius 3 is 3.00 bits per heavy atom. The van der Waals surface area contributed by atoms with Gasteiger partial charge in [-0.05, 0) is 6.07 Å². The molecule has 0 atom stereocenters. The van der Waals surface area contributed by atoms with Crippen molar-refractivity contribution in [2.75, 3.05) is 0 Å². The minimum Gasteiger partial charge on any atom is -0.481 e. The van der Waals surface area contributed by atoms with Crippen LogP contribution in [0.4, 0.5) is 0 Å². The van der Waals surface area contributed by atoms with Crippen molar-refractivity contribution in [1.29, 1.82) is 0 Å². The fourth-order valence-corrected chi connectivity index (χ4v) is 0.852. The molecule has 0 aliphatic rings. The Bertz CT molecular complexity index is 356. The van der Waals surface area contributed by atoms with Crippen LogP contribution in [0.5, 0.6) is 0 Å². The molecule has 0 fully saturated rings. The highest BCUT2D eigenvalue weighted by molar-refractivity contribution is 5.69. The lowest BCUT2D eigenvalue weighted by molar-refractivity contribution is -0.136. The lowest BCUT2D eigenvalue weighted by Gasteiger charge is -1.97. The van der Waals surface area contributed by atoms with E-state index in [2.05, 4.69) is 5.10 Å². The molecule has 0 radical (unpaired) electrons. The number of carboxylic acid groups (broad SMARTS) is 1. The molecule has 0 saturated heterocycles. The number of hydrogen-bond donors (Lipinski definition) is 1. The molecule has 0 spiro atoms. The van der Waals surface area contributed by atoms with Gasteiger partial charge < -0.3 is 5.11 Å². The third-order valence-corrected chi connectivity index (χ3v) is 1.43. The average Bonchev–Trinajstić information content (AvgIpc) is 1.98. The Hall–Kier alpha value is -1.65. The second-order valence-corrected chi connectivity index (χ2v) is 2.36. The fraction of sp³-hybridized carbons (Fsp3) is 0.286. The van der Waals surface area contributed by atoms with Gasteiger partial charge in [0.05, 0.1) is 6.42 Å². The summed E-state index contributed by atoms with van der Waals surface area (Å²) in [6, 6.07) is 1.41. The Kier molecular flexibility index (Phi) is 2.23. The molecular formula is C7H8N2O3. The smallest absolute Gasteiger partial charge is 0.308 e. The van der Waals surface area contributed by atoms with Crippen LogP contribution in [0.3, 0.4) is 0 Å². The van der Waals surface area contributed by atoms with Crippen molar-refractivity contribution < 1.29 is 9.90 Å². The summed E-state index contributed by atoms with van der Waals surface area (Å²) in [5.41, 5.74) is -0.111. The molecule has 1 aromatic rings. The fourth-order valence-electron chi connectivity index (χ4n) is 0.852. The summed E-state index contributed by atoms with van der Waals surface area (Å²) >= 11 is 0. The number of carboxylic acids is 1. The molecule has 0 unspecified atom stereocenters. The van der Waals surface area contributed by atoms with Gasteiger partial charge in [0.1, 0.15) is 0 Å². The van der Waals surface area contributed by atoms with Crippen LogP contribution in [0.15, 0.2) is 17.1 Å². The average molecular weight is 168 g/mol. The predicted molar refractivity (Wildman–Crippen MR) is 40.8 cm³/mol. The third kappa shape index (κ3) is 1.69. The molecule has 0 saturated carbocycles. The lowest BCUT2D eigenvalue weighted by atomic mass is 10.2. The molecule has 12 heavy (non-hydrogen) atoms. The van der Waals surface area contributed by atoms with Crippen molar-refractivity contribution in [2.45, 2.75) is 6.42 Å². The number of hydrogen-bond acceptors (Lipinski definition) is 3. The zero-order valence-corrected chi connectivity index (χ0v) is 6.52. The molecule has 0 amide bonds. The highest BCUT2D eigenvalue weighted by Gasteiger charge is 2.05. The quantitative estimate of drug-likeness (QED) is 0.640. The van der Waals surface area contributed by atoms with Crippen LogP contribution >= 0.6 is 0 Å². The van der Waals surface area contributed by atoms with Crippen molar-refractivity contribution in [3.63, 3.8) is 0 Å². The molecule has 1 N–H and O–H groups in total. The maximum absolute atomic E-state index is 11.1.